The quantitative estimate of drug-likeness (QED) is 0.781. The maximum Gasteiger partial charge on any atom is 0.148 e. The van der Waals surface area contributed by atoms with Crippen LogP contribution in [0.15, 0.2) is 42.5 Å². The van der Waals surface area contributed by atoms with Crippen molar-refractivity contribution in [2.75, 3.05) is 11.1 Å². The molecule has 19 heavy (non-hydrogen) atoms. The van der Waals surface area contributed by atoms with E-state index in [-0.39, 0.29) is 11.2 Å². The van der Waals surface area contributed by atoms with Crippen molar-refractivity contribution in [3.05, 3.63) is 53.8 Å². The van der Waals surface area contributed by atoms with Crippen LogP contribution >= 0.6 is 0 Å². The molecule has 0 saturated carbocycles. The van der Waals surface area contributed by atoms with Crippen molar-refractivity contribution < 1.29 is 4.39 Å². The van der Waals surface area contributed by atoms with Gasteiger partial charge in [-0.25, -0.2) is 4.39 Å². The predicted octanol–water partition coefficient (Wildman–Crippen LogP) is 4.45. The molecular formula is C16H19FN2. The molecule has 0 radical (unpaired) electrons. The Labute approximate surface area is 113 Å². The topological polar surface area (TPSA) is 38.0 Å². The molecule has 0 aliphatic rings. The van der Waals surface area contributed by atoms with Gasteiger partial charge in [0.25, 0.3) is 0 Å². The summed E-state index contributed by atoms with van der Waals surface area (Å²) in [6.07, 6.45) is 0. The van der Waals surface area contributed by atoms with E-state index in [4.69, 9.17) is 5.73 Å². The number of para-hydroxylation sites is 1. The molecule has 0 aliphatic heterocycles. The molecule has 0 aliphatic carbocycles. The van der Waals surface area contributed by atoms with Crippen LogP contribution < -0.4 is 11.1 Å². The fourth-order valence-corrected chi connectivity index (χ4v) is 1.87. The standard InChI is InChI=1S/C16H19FN2/c1-16(2,3)11-7-9-12(10-8-11)19-15-13(17)5-4-6-14(15)18/h4-10,19H,18H2,1-3H3. The highest BCUT2D eigenvalue weighted by molar-refractivity contribution is 5.73. The molecule has 0 aromatic heterocycles. The largest absolute Gasteiger partial charge is 0.397 e. The number of benzene rings is 2. The lowest BCUT2D eigenvalue weighted by molar-refractivity contribution is 0.590. The third-order valence-electron chi connectivity index (χ3n) is 3.07. The van der Waals surface area contributed by atoms with Gasteiger partial charge in [-0.1, -0.05) is 39.0 Å². The zero-order chi connectivity index (χ0) is 14.0. The van der Waals surface area contributed by atoms with Crippen molar-refractivity contribution in [1.29, 1.82) is 0 Å². The Morgan fingerprint density at radius 2 is 1.63 bits per heavy atom. The van der Waals surface area contributed by atoms with Crippen molar-refractivity contribution in [3.63, 3.8) is 0 Å². The first kappa shape index (κ1) is 13.4. The molecule has 2 nitrogen and oxygen atoms in total. The summed E-state index contributed by atoms with van der Waals surface area (Å²) in [6.45, 7) is 6.47. The number of halogens is 1. The Hall–Kier alpha value is -2.03. The van der Waals surface area contributed by atoms with Crippen molar-refractivity contribution in [2.24, 2.45) is 0 Å². The number of nitrogens with two attached hydrogens (primary N) is 1. The van der Waals surface area contributed by atoms with E-state index in [1.807, 2.05) is 24.3 Å². The molecule has 0 saturated heterocycles. The summed E-state index contributed by atoms with van der Waals surface area (Å²) in [5, 5.41) is 3.02. The van der Waals surface area contributed by atoms with Crippen molar-refractivity contribution in [2.45, 2.75) is 26.2 Å². The minimum Gasteiger partial charge on any atom is -0.397 e. The van der Waals surface area contributed by atoms with E-state index in [2.05, 4.69) is 26.1 Å². The Morgan fingerprint density at radius 3 is 2.16 bits per heavy atom. The maximum absolute atomic E-state index is 13.7. The van der Waals surface area contributed by atoms with Gasteiger partial charge in [0.15, 0.2) is 0 Å². The molecule has 3 heteroatoms. The van der Waals surface area contributed by atoms with Crippen molar-refractivity contribution in [3.8, 4) is 0 Å². The summed E-state index contributed by atoms with van der Waals surface area (Å²) in [7, 11) is 0. The summed E-state index contributed by atoms with van der Waals surface area (Å²) in [4.78, 5) is 0. The van der Waals surface area contributed by atoms with Crippen LogP contribution in [0.3, 0.4) is 0 Å². The van der Waals surface area contributed by atoms with Gasteiger partial charge in [0.05, 0.1) is 11.4 Å². The Balaban J connectivity index is 2.25. The first-order valence-electron chi connectivity index (χ1n) is 6.29. The van der Waals surface area contributed by atoms with Gasteiger partial charge in [-0.2, -0.15) is 0 Å². The van der Waals surface area contributed by atoms with E-state index in [0.717, 1.165) is 5.69 Å². The molecule has 0 fully saturated rings. The van der Waals surface area contributed by atoms with Gasteiger partial charge < -0.3 is 11.1 Å². The second-order valence-corrected chi connectivity index (χ2v) is 5.66. The minimum absolute atomic E-state index is 0.107. The summed E-state index contributed by atoms with van der Waals surface area (Å²) in [6, 6.07) is 12.6. The lowest BCUT2D eigenvalue weighted by atomic mass is 9.87. The molecule has 0 heterocycles. The molecule has 0 atom stereocenters. The van der Waals surface area contributed by atoms with E-state index in [0.29, 0.717) is 11.4 Å². The van der Waals surface area contributed by atoms with Gasteiger partial charge in [0.1, 0.15) is 5.82 Å². The first-order valence-corrected chi connectivity index (χ1v) is 6.29. The van der Waals surface area contributed by atoms with Gasteiger partial charge in [0, 0.05) is 5.69 Å². The highest BCUT2D eigenvalue weighted by Crippen LogP contribution is 2.28. The average molecular weight is 258 g/mol. The van der Waals surface area contributed by atoms with Crippen LogP contribution in [0, 0.1) is 5.82 Å². The zero-order valence-electron chi connectivity index (χ0n) is 11.5. The molecule has 0 spiro atoms. The third-order valence-corrected chi connectivity index (χ3v) is 3.07. The Morgan fingerprint density at radius 1 is 1.00 bits per heavy atom. The molecule has 0 bridgehead atoms. The van der Waals surface area contributed by atoms with E-state index in [1.165, 1.54) is 11.6 Å². The first-order chi connectivity index (χ1) is 8.88. The monoisotopic (exact) mass is 258 g/mol. The highest BCUT2D eigenvalue weighted by atomic mass is 19.1. The number of rotatable bonds is 2. The predicted molar refractivity (Wildman–Crippen MR) is 79.2 cm³/mol. The lowest BCUT2D eigenvalue weighted by Gasteiger charge is -2.19. The van der Waals surface area contributed by atoms with E-state index in [9.17, 15) is 4.39 Å². The van der Waals surface area contributed by atoms with Gasteiger partial charge in [-0.05, 0) is 35.2 Å². The Bertz CT molecular complexity index is 548. The van der Waals surface area contributed by atoms with E-state index >= 15 is 0 Å². The molecule has 3 N–H and O–H groups in total. The molecular weight excluding hydrogens is 239 g/mol. The highest BCUT2D eigenvalue weighted by Gasteiger charge is 2.13. The number of nitrogens with one attached hydrogen (secondary N) is 1. The van der Waals surface area contributed by atoms with Crippen LogP contribution in [0.4, 0.5) is 21.5 Å². The van der Waals surface area contributed by atoms with Crippen LogP contribution in [-0.4, -0.2) is 0 Å². The number of nitrogen functional groups attached to an aromatic ring is 1. The van der Waals surface area contributed by atoms with Crippen LogP contribution in [0.25, 0.3) is 0 Å². The molecule has 0 amide bonds. The summed E-state index contributed by atoms with van der Waals surface area (Å²) < 4.78 is 13.7. The molecule has 2 aromatic carbocycles. The SMILES string of the molecule is CC(C)(C)c1ccc(Nc2c(N)cccc2F)cc1. The number of anilines is 3. The second-order valence-electron chi connectivity index (χ2n) is 5.66. The zero-order valence-corrected chi connectivity index (χ0v) is 11.5. The number of hydrogen-bond donors (Lipinski definition) is 2. The fraction of sp³-hybridized carbons (Fsp3) is 0.250. The normalized spacial score (nSPS) is 11.4. The third kappa shape index (κ3) is 3.05. The number of hydrogen-bond acceptors (Lipinski definition) is 2. The summed E-state index contributed by atoms with van der Waals surface area (Å²) >= 11 is 0. The van der Waals surface area contributed by atoms with Crippen LogP contribution in [-0.2, 0) is 5.41 Å². The summed E-state index contributed by atoms with van der Waals surface area (Å²) in [5.41, 5.74) is 8.66. The smallest absolute Gasteiger partial charge is 0.148 e. The lowest BCUT2D eigenvalue weighted by Crippen LogP contribution is -2.10. The summed E-state index contributed by atoms with van der Waals surface area (Å²) in [5.74, 6) is -0.347. The van der Waals surface area contributed by atoms with E-state index < -0.39 is 0 Å². The Kier molecular flexibility index (Phi) is 3.47. The van der Waals surface area contributed by atoms with Gasteiger partial charge in [-0.15, -0.1) is 0 Å². The molecule has 0 unspecified atom stereocenters. The van der Waals surface area contributed by atoms with Crippen molar-refractivity contribution in [1.82, 2.24) is 0 Å². The van der Waals surface area contributed by atoms with Gasteiger partial charge >= 0.3 is 0 Å². The molecule has 2 rings (SSSR count). The van der Waals surface area contributed by atoms with Crippen LogP contribution in [0.2, 0.25) is 0 Å². The van der Waals surface area contributed by atoms with Gasteiger partial charge in [0.2, 0.25) is 0 Å². The second kappa shape index (κ2) is 4.92. The average Bonchev–Trinajstić information content (AvgIpc) is 2.33. The minimum atomic E-state index is -0.347. The molecule has 2 aromatic rings. The van der Waals surface area contributed by atoms with Gasteiger partial charge in [-0.3, -0.25) is 0 Å². The van der Waals surface area contributed by atoms with Crippen LogP contribution in [0.1, 0.15) is 26.3 Å². The maximum atomic E-state index is 13.7. The fourth-order valence-electron chi connectivity index (χ4n) is 1.87. The van der Waals surface area contributed by atoms with Crippen molar-refractivity contribution >= 4 is 17.1 Å². The van der Waals surface area contributed by atoms with Crippen LogP contribution in [0.5, 0.6) is 0 Å². The molecule has 100 valence electrons. The van der Waals surface area contributed by atoms with E-state index in [1.54, 1.807) is 12.1 Å².